The van der Waals surface area contributed by atoms with Crippen molar-refractivity contribution in [2.75, 3.05) is 5.32 Å². The summed E-state index contributed by atoms with van der Waals surface area (Å²) in [5.74, 6) is -1.47. The Bertz CT molecular complexity index is 1310. The number of piperidine rings is 1. The molecule has 1 fully saturated rings. The number of amides is 4. The third-order valence-electron chi connectivity index (χ3n) is 5.99. The second-order valence-electron chi connectivity index (χ2n) is 8.17. The van der Waals surface area contributed by atoms with Gasteiger partial charge in [0, 0.05) is 48.6 Å². The second-order valence-corrected chi connectivity index (χ2v) is 8.17. The molecule has 2 aliphatic heterocycles. The van der Waals surface area contributed by atoms with E-state index in [1.54, 1.807) is 35.1 Å². The van der Waals surface area contributed by atoms with Crippen LogP contribution in [0, 0.1) is 0 Å². The minimum atomic E-state index is -0.727. The molecule has 1 aromatic heterocycles. The molecule has 2 aliphatic rings. The summed E-state index contributed by atoms with van der Waals surface area (Å²) >= 11 is 0. The summed E-state index contributed by atoms with van der Waals surface area (Å²) in [7, 11) is 1.84. The molecule has 0 bridgehead atoms. The molecule has 0 radical (unpaired) electrons. The first-order valence-corrected chi connectivity index (χ1v) is 10.6. The van der Waals surface area contributed by atoms with Crippen LogP contribution >= 0.6 is 0 Å². The van der Waals surface area contributed by atoms with Gasteiger partial charge in [0.15, 0.2) is 0 Å². The molecule has 9 heteroatoms. The van der Waals surface area contributed by atoms with E-state index in [-0.39, 0.29) is 37.1 Å². The molecule has 0 saturated carbocycles. The van der Waals surface area contributed by atoms with Crippen LogP contribution in [0.2, 0.25) is 0 Å². The summed E-state index contributed by atoms with van der Waals surface area (Å²) in [6.45, 7) is 0.139. The number of aromatic nitrogens is 2. The van der Waals surface area contributed by atoms with Crippen LogP contribution in [-0.4, -0.2) is 44.4 Å². The average molecular weight is 443 g/mol. The Morgan fingerprint density at radius 3 is 2.70 bits per heavy atom. The average Bonchev–Trinajstić information content (AvgIpc) is 3.37. The van der Waals surface area contributed by atoms with Crippen molar-refractivity contribution < 1.29 is 19.2 Å². The van der Waals surface area contributed by atoms with Gasteiger partial charge in [-0.25, -0.2) is 0 Å². The highest BCUT2D eigenvalue weighted by Crippen LogP contribution is 2.30. The van der Waals surface area contributed by atoms with Gasteiger partial charge in [-0.15, -0.1) is 0 Å². The monoisotopic (exact) mass is 443 g/mol. The predicted molar refractivity (Wildman–Crippen MR) is 119 cm³/mol. The van der Waals surface area contributed by atoms with Crippen LogP contribution in [-0.2, 0) is 23.2 Å². The van der Waals surface area contributed by atoms with Gasteiger partial charge in [-0.3, -0.25) is 29.2 Å². The number of anilines is 1. The maximum atomic E-state index is 13.1. The zero-order valence-corrected chi connectivity index (χ0v) is 17.9. The van der Waals surface area contributed by atoms with Gasteiger partial charge >= 0.3 is 0 Å². The van der Waals surface area contributed by atoms with E-state index in [0.29, 0.717) is 22.4 Å². The number of hydrogen-bond donors (Lipinski definition) is 2. The molecule has 2 N–H and O–H groups in total. The van der Waals surface area contributed by atoms with Crippen LogP contribution in [0.1, 0.15) is 39.1 Å². The highest BCUT2D eigenvalue weighted by Gasteiger charge is 2.40. The standard InChI is InChI=1S/C24H21N5O4/c1-28-12-15(11-25-28)14-4-2-5-16(10-14)26-22(31)17-6-3-7-18-19(17)13-29(24(18)33)20-8-9-21(30)27-23(20)32/h2-7,10-12,20H,8-9,13H2,1H3,(H,26,31)(H,27,30,32). The number of benzene rings is 2. The van der Waals surface area contributed by atoms with E-state index in [0.717, 1.165) is 11.1 Å². The number of nitrogens with zero attached hydrogens (tertiary/aromatic N) is 3. The van der Waals surface area contributed by atoms with Crippen LogP contribution < -0.4 is 10.6 Å². The van der Waals surface area contributed by atoms with Crippen molar-refractivity contribution >= 4 is 29.3 Å². The zero-order valence-electron chi connectivity index (χ0n) is 17.9. The molecule has 33 heavy (non-hydrogen) atoms. The normalized spacial score (nSPS) is 17.7. The third kappa shape index (κ3) is 3.78. The molecule has 1 unspecified atom stereocenters. The minimum absolute atomic E-state index is 0.139. The Labute approximate surface area is 189 Å². The minimum Gasteiger partial charge on any atom is -0.322 e. The molecular weight excluding hydrogens is 422 g/mol. The SMILES string of the molecule is Cn1cc(-c2cccc(NC(=O)c3cccc4c3CN(C3CCC(=O)NC3=O)C4=O)c2)cn1. The number of carbonyl (C=O) groups is 4. The molecule has 0 aliphatic carbocycles. The lowest BCUT2D eigenvalue weighted by atomic mass is 10.0. The molecular formula is C24H21N5O4. The van der Waals surface area contributed by atoms with Crippen molar-refractivity contribution in [1.29, 1.82) is 0 Å². The number of aryl methyl sites for hydroxylation is 1. The third-order valence-corrected chi connectivity index (χ3v) is 5.99. The summed E-state index contributed by atoms with van der Waals surface area (Å²) in [6.07, 6.45) is 4.09. The quantitative estimate of drug-likeness (QED) is 0.600. The second kappa shape index (κ2) is 8.01. The lowest BCUT2D eigenvalue weighted by Gasteiger charge is -2.29. The van der Waals surface area contributed by atoms with E-state index >= 15 is 0 Å². The summed E-state index contributed by atoms with van der Waals surface area (Å²) < 4.78 is 1.71. The van der Waals surface area contributed by atoms with E-state index in [2.05, 4.69) is 15.7 Å². The van der Waals surface area contributed by atoms with E-state index in [1.807, 2.05) is 31.4 Å². The van der Waals surface area contributed by atoms with Gasteiger partial charge in [-0.05, 0) is 41.8 Å². The van der Waals surface area contributed by atoms with Crippen LogP contribution in [0.4, 0.5) is 5.69 Å². The van der Waals surface area contributed by atoms with Gasteiger partial charge in [-0.2, -0.15) is 5.10 Å². The van der Waals surface area contributed by atoms with Crippen molar-refractivity contribution in [3.8, 4) is 11.1 Å². The van der Waals surface area contributed by atoms with Crippen molar-refractivity contribution in [1.82, 2.24) is 20.0 Å². The van der Waals surface area contributed by atoms with E-state index in [9.17, 15) is 19.2 Å². The molecule has 0 spiro atoms. The molecule has 166 valence electrons. The first-order chi connectivity index (χ1) is 15.9. The van der Waals surface area contributed by atoms with Crippen LogP contribution in [0.15, 0.2) is 54.9 Å². The van der Waals surface area contributed by atoms with Crippen molar-refractivity contribution in [2.45, 2.75) is 25.4 Å². The Hall–Kier alpha value is -4.27. The fourth-order valence-electron chi connectivity index (χ4n) is 4.34. The van der Waals surface area contributed by atoms with Crippen molar-refractivity contribution in [3.63, 3.8) is 0 Å². The van der Waals surface area contributed by atoms with Crippen LogP contribution in [0.25, 0.3) is 11.1 Å². The van der Waals surface area contributed by atoms with Crippen LogP contribution in [0.3, 0.4) is 0 Å². The number of fused-ring (bicyclic) bond motifs is 1. The number of hydrogen-bond acceptors (Lipinski definition) is 5. The smallest absolute Gasteiger partial charge is 0.256 e. The fourth-order valence-corrected chi connectivity index (χ4v) is 4.34. The molecule has 3 aromatic rings. The summed E-state index contributed by atoms with van der Waals surface area (Å²) in [5.41, 5.74) is 3.82. The predicted octanol–water partition coefficient (Wildman–Crippen LogP) is 2.10. The Morgan fingerprint density at radius 1 is 1.12 bits per heavy atom. The largest absolute Gasteiger partial charge is 0.322 e. The molecule has 1 saturated heterocycles. The van der Waals surface area contributed by atoms with E-state index in [4.69, 9.17) is 0 Å². The fraction of sp³-hybridized carbons (Fsp3) is 0.208. The van der Waals surface area contributed by atoms with Crippen molar-refractivity contribution in [2.24, 2.45) is 7.05 Å². The lowest BCUT2D eigenvalue weighted by Crippen LogP contribution is -2.52. The van der Waals surface area contributed by atoms with E-state index in [1.165, 1.54) is 4.90 Å². The molecule has 9 nitrogen and oxygen atoms in total. The Morgan fingerprint density at radius 2 is 1.94 bits per heavy atom. The van der Waals surface area contributed by atoms with Gasteiger partial charge in [0.1, 0.15) is 6.04 Å². The van der Waals surface area contributed by atoms with Gasteiger partial charge in [0.05, 0.1) is 6.20 Å². The first kappa shape index (κ1) is 20.6. The van der Waals surface area contributed by atoms with Gasteiger partial charge in [-0.1, -0.05) is 18.2 Å². The molecule has 3 heterocycles. The maximum Gasteiger partial charge on any atom is 0.256 e. The van der Waals surface area contributed by atoms with Gasteiger partial charge in [0.25, 0.3) is 11.8 Å². The maximum absolute atomic E-state index is 13.1. The van der Waals surface area contributed by atoms with Gasteiger partial charge < -0.3 is 10.2 Å². The van der Waals surface area contributed by atoms with Gasteiger partial charge in [0.2, 0.25) is 11.8 Å². The molecule has 5 rings (SSSR count). The molecule has 1 atom stereocenters. The van der Waals surface area contributed by atoms with Crippen molar-refractivity contribution in [3.05, 3.63) is 71.5 Å². The number of imide groups is 1. The van der Waals surface area contributed by atoms with E-state index < -0.39 is 11.9 Å². The molecule has 4 amide bonds. The number of nitrogens with one attached hydrogen (secondary N) is 2. The number of carbonyl (C=O) groups excluding carboxylic acids is 4. The topological polar surface area (TPSA) is 113 Å². The van der Waals surface area contributed by atoms with Crippen LogP contribution in [0.5, 0.6) is 0 Å². The summed E-state index contributed by atoms with van der Waals surface area (Å²) in [5, 5.41) is 9.37. The number of rotatable bonds is 4. The highest BCUT2D eigenvalue weighted by atomic mass is 16.2. The zero-order chi connectivity index (χ0) is 23.1. The summed E-state index contributed by atoms with van der Waals surface area (Å²) in [6, 6.07) is 11.7. The lowest BCUT2D eigenvalue weighted by molar-refractivity contribution is -0.136. The Balaban J connectivity index is 1.38. The highest BCUT2D eigenvalue weighted by molar-refractivity contribution is 6.10. The first-order valence-electron chi connectivity index (χ1n) is 10.6. The Kier molecular flexibility index (Phi) is 5.01. The molecule has 2 aromatic carbocycles. The summed E-state index contributed by atoms with van der Waals surface area (Å²) in [4.78, 5) is 51.3.